The number of nitrogens with two attached hydrogens (primary N) is 2. The average Bonchev–Trinajstić information content (AvgIpc) is 2.40. The quantitative estimate of drug-likeness (QED) is 0.755. The van der Waals surface area contributed by atoms with Gasteiger partial charge in [0.05, 0.1) is 11.3 Å². The highest BCUT2D eigenvalue weighted by Gasteiger charge is 2.19. The van der Waals surface area contributed by atoms with Crippen LogP contribution in [0.1, 0.15) is 50.4 Å². The molecule has 0 saturated carbocycles. The Bertz CT molecular complexity index is 476. The first kappa shape index (κ1) is 16.3. The van der Waals surface area contributed by atoms with Crippen LogP contribution in [-0.2, 0) is 0 Å². The maximum Gasteiger partial charge on any atom is 0.250 e. The van der Waals surface area contributed by atoms with Crippen molar-refractivity contribution in [1.29, 1.82) is 0 Å². The van der Waals surface area contributed by atoms with Crippen LogP contribution in [0.5, 0.6) is 0 Å². The van der Waals surface area contributed by atoms with Gasteiger partial charge in [-0.15, -0.1) is 0 Å². The molecule has 1 amide bonds. The molecule has 1 atom stereocenters. The number of anilines is 2. The predicted molar refractivity (Wildman–Crippen MR) is 81.3 cm³/mol. The third-order valence-electron chi connectivity index (χ3n) is 3.57. The first-order chi connectivity index (χ1) is 9.42. The van der Waals surface area contributed by atoms with E-state index in [1.807, 2.05) is 18.7 Å². The molecular weight excluding hydrogens is 257 g/mol. The van der Waals surface area contributed by atoms with Gasteiger partial charge in [-0.2, -0.15) is 0 Å². The van der Waals surface area contributed by atoms with Crippen LogP contribution in [-0.4, -0.2) is 18.5 Å². The van der Waals surface area contributed by atoms with Crippen molar-refractivity contribution in [1.82, 2.24) is 0 Å². The fourth-order valence-electron chi connectivity index (χ4n) is 2.14. The van der Waals surface area contributed by atoms with Gasteiger partial charge in [0, 0.05) is 18.3 Å². The summed E-state index contributed by atoms with van der Waals surface area (Å²) in [6, 6.07) is 2.83. The zero-order valence-electron chi connectivity index (χ0n) is 12.4. The normalized spacial score (nSPS) is 12.2. The second-order valence-corrected chi connectivity index (χ2v) is 5.06. The maximum absolute atomic E-state index is 14.2. The molecule has 0 aromatic heterocycles. The fraction of sp³-hybridized carbons (Fsp3) is 0.533. The van der Waals surface area contributed by atoms with Gasteiger partial charge in [0.15, 0.2) is 0 Å². The highest BCUT2D eigenvalue weighted by Crippen LogP contribution is 2.28. The lowest BCUT2D eigenvalue weighted by molar-refractivity contribution is 0.100. The highest BCUT2D eigenvalue weighted by molar-refractivity contribution is 5.99. The van der Waals surface area contributed by atoms with Gasteiger partial charge in [0.1, 0.15) is 5.82 Å². The molecule has 0 fully saturated rings. The summed E-state index contributed by atoms with van der Waals surface area (Å²) in [6.07, 6.45) is 2.87. The lowest BCUT2D eigenvalue weighted by atomic mass is 10.1. The Morgan fingerprint density at radius 1 is 1.40 bits per heavy atom. The molecule has 112 valence electrons. The molecule has 0 radical (unpaired) electrons. The summed E-state index contributed by atoms with van der Waals surface area (Å²) in [7, 11) is 0. The highest BCUT2D eigenvalue weighted by atomic mass is 19.1. The molecule has 1 rings (SSSR count). The van der Waals surface area contributed by atoms with E-state index in [1.165, 1.54) is 12.1 Å². The minimum atomic E-state index is -0.636. The number of nitrogen functional groups attached to an aromatic ring is 1. The molecule has 1 aromatic rings. The number of carbonyl (C=O) groups excluding carboxylic acids is 1. The summed E-state index contributed by atoms with van der Waals surface area (Å²) in [5.41, 5.74) is 11.6. The summed E-state index contributed by atoms with van der Waals surface area (Å²) in [4.78, 5) is 13.3. The van der Waals surface area contributed by atoms with Crippen molar-refractivity contribution >= 4 is 17.3 Å². The van der Waals surface area contributed by atoms with E-state index in [0.717, 1.165) is 25.8 Å². The van der Waals surface area contributed by atoms with Gasteiger partial charge >= 0.3 is 0 Å². The van der Waals surface area contributed by atoms with E-state index < -0.39 is 11.7 Å². The topological polar surface area (TPSA) is 72.3 Å². The molecule has 0 aliphatic rings. The Kier molecular flexibility index (Phi) is 5.80. The zero-order chi connectivity index (χ0) is 15.3. The van der Waals surface area contributed by atoms with Crippen LogP contribution in [0.25, 0.3) is 0 Å². The summed E-state index contributed by atoms with van der Waals surface area (Å²) in [6.45, 7) is 6.91. The number of hydrogen-bond donors (Lipinski definition) is 2. The number of unbranched alkanes of at least 4 members (excludes halogenated alkanes) is 1. The molecule has 0 aliphatic carbocycles. The number of nitrogens with zero attached hydrogens (tertiary/aromatic N) is 1. The van der Waals surface area contributed by atoms with Crippen molar-refractivity contribution in [3.8, 4) is 0 Å². The van der Waals surface area contributed by atoms with Crippen molar-refractivity contribution in [2.24, 2.45) is 5.73 Å². The Labute approximate surface area is 119 Å². The van der Waals surface area contributed by atoms with Crippen LogP contribution in [0.15, 0.2) is 12.1 Å². The Hall–Kier alpha value is -1.78. The first-order valence-electron chi connectivity index (χ1n) is 7.07. The van der Waals surface area contributed by atoms with Crippen LogP contribution >= 0.6 is 0 Å². The monoisotopic (exact) mass is 281 g/mol. The summed E-state index contributed by atoms with van der Waals surface area (Å²) >= 11 is 0. The van der Waals surface area contributed by atoms with Crippen LogP contribution in [0.3, 0.4) is 0 Å². The molecule has 0 bridgehead atoms. The third kappa shape index (κ3) is 3.62. The second kappa shape index (κ2) is 7.12. The largest absolute Gasteiger partial charge is 0.398 e. The Balaban J connectivity index is 3.24. The number of amides is 1. The number of benzene rings is 1. The molecule has 0 aliphatic heterocycles. The van der Waals surface area contributed by atoms with Gasteiger partial charge in [-0.1, -0.05) is 20.3 Å². The van der Waals surface area contributed by atoms with Crippen molar-refractivity contribution < 1.29 is 9.18 Å². The number of rotatable bonds is 7. The van der Waals surface area contributed by atoms with Crippen molar-refractivity contribution in [3.63, 3.8) is 0 Å². The van der Waals surface area contributed by atoms with E-state index >= 15 is 0 Å². The summed E-state index contributed by atoms with van der Waals surface area (Å²) < 4.78 is 14.2. The third-order valence-corrected chi connectivity index (χ3v) is 3.57. The van der Waals surface area contributed by atoms with Gasteiger partial charge < -0.3 is 16.4 Å². The average molecular weight is 281 g/mol. The van der Waals surface area contributed by atoms with E-state index in [4.69, 9.17) is 11.5 Å². The van der Waals surface area contributed by atoms with E-state index in [1.54, 1.807) is 0 Å². The number of primary amides is 1. The lowest BCUT2D eigenvalue weighted by Crippen LogP contribution is -2.34. The molecule has 5 heteroatoms. The molecule has 4 nitrogen and oxygen atoms in total. The van der Waals surface area contributed by atoms with Crippen LogP contribution in [0.2, 0.25) is 0 Å². The molecule has 1 unspecified atom stereocenters. The minimum Gasteiger partial charge on any atom is -0.398 e. The number of hydrogen-bond acceptors (Lipinski definition) is 3. The van der Waals surface area contributed by atoms with Gasteiger partial charge in [0.25, 0.3) is 5.91 Å². The van der Waals surface area contributed by atoms with Crippen LogP contribution < -0.4 is 16.4 Å². The molecule has 20 heavy (non-hydrogen) atoms. The van der Waals surface area contributed by atoms with E-state index in [2.05, 4.69) is 6.92 Å². The summed E-state index contributed by atoms with van der Waals surface area (Å²) in [5.74, 6) is -1.05. The zero-order valence-corrected chi connectivity index (χ0v) is 12.4. The molecular formula is C15H24FN3O. The first-order valence-corrected chi connectivity index (χ1v) is 7.07. The maximum atomic E-state index is 14.2. The van der Waals surface area contributed by atoms with E-state index in [0.29, 0.717) is 5.69 Å². The fourth-order valence-corrected chi connectivity index (χ4v) is 2.14. The lowest BCUT2D eigenvalue weighted by Gasteiger charge is -2.31. The molecule has 0 heterocycles. The molecule has 4 N–H and O–H groups in total. The van der Waals surface area contributed by atoms with E-state index in [-0.39, 0.29) is 17.3 Å². The molecule has 0 spiro atoms. The SMILES string of the molecule is CCCCN(c1cc(C(N)=O)c(N)cc1F)C(C)CC. The van der Waals surface area contributed by atoms with Gasteiger partial charge in [-0.25, -0.2) is 4.39 Å². The summed E-state index contributed by atoms with van der Waals surface area (Å²) in [5, 5.41) is 0. The molecule has 1 aromatic carbocycles. The smallest absolute Gasteiger partial charge is 0.250 e. The Morgan fingerprint density at radius 2 is 2.05 bits per heavy atom. The Morgan fingerprint density at radius 3 is 2.55 bits per heavy atom. The van der Waals surface area contributed by atoms with Crippen molar-refractivity contribution in [2.45, 2.75) is 46.1 Å². The van der Waals surface area contributed by atoms with Crippen molar-refractivity contribution in [2.75, 3.05) is 17.2 Å². The number of carbonyl (C=O) groups is 1. The van der Waals surface area contributed by atoms with Crippen LogP contribution in [0.4, 0.5) is 15.8 Å². The van der Waals surface area contributed by atoms with Gasteiger partial charge in [0.2, 0.25) is 0 Å². The predicted octanol–water partition coefficient (Wildman–Crippen LogP) is 2.91. The van der Waals surface area contributed by atoms with Crippen molar-refractivity contribution in [3.05, 3.63) is 23.5 Å². The van der Waals surface area contributed by atoms with E-state index in [9.17, 15) is 9.18 Å². The van der Waals surface area contributed by atoms with Gasteiger partial charge in [-0.3, -0.25) is 4.79 Å². The molecule has 0 saturated heterocycles. The van der Waals surface area contributed by atoms with Crippen LogP contribution in [0, 0.1) is 5.82 Å². The number of halogens is 1. The minimum absolute atomic E-state index is 0.0818. The second-order valence-electron chi connectivity index (χ2n) is 5.06. The standard InChI is InChI=1S/C15H24FN3O/c1-4-6-7-19(10(3)5-2)14-8-11(15(18)20)13(17)9-12(14)16/h8-10H,4-7,17H2,1-3H3,(H2,18,20). The van der Waals surface area contributed by atoms with Gasteiger partial charge in [-0.05, 0) is 31.9 Å².